The highest BCUT2D eigenvalue weighted by molar-refractivity contribution is 7.89. The summed E-state index contributed by atoms with van der Waals surface area (Å²) >= 11 is 1.46. The second-order valence-corrected chi connectivity index (χ2v) is 9.57. The van der Waals surface area contributed by atoms with Gasteiger partial charge in [-0.2, -0.15) is 0 Å². The highest BCUT2D eigenvalue weighted by Crippen LogP contribution is 2.54. The maximum absolute atomic E-state index is 12.2. The largest absolute Gasteiger partial charge is 0.461 e. The first kappa shape index (κ1) is 16.7. The summed E-state index contributed by atoms with van der Waals surface area (Å²) in [5, 5.41) is 0.699. The molecule has 1 saturated heterocycles. The van der Waals surface area contributed by atoms with Crippen molar-refractivity contribution < 1.29 is 17.9 Å². The minimum atomic E-state index is -3.52. The number of benzene rings is 1. The Morgan fingerprint density at radius 3 is 2.72 bits per heavy atom. The Morgan fingerprint density at radius 1 is 1.28 bits per heavy atom. The highest BCUT2D eigenvalue weighted by Gasteiger charge is 2.58. The monoisotopic (exact) mass is 378 g/mol. The Morgan fingerprint density at radius 2 is 2.04 bits per heavy atom. The van der Waals surface area contributed by atoms with Crippen LogP contribution in [-0.4, -0.2) is 31.2 Å². The molecule has 1 aliphatic carbocycles. The van der Waals surface area contributed by atoms with E-state index in [2.05, 4.69) is 9.71 Å². The first-order valence-electron chi connectivity index (χ1n) is 8.14. The second-order valence-electron chi connectivity index (χ2n) is 6.60. The van der Waals surface area contributed by atoms with Gasteiger partial charge in [-0.15, -0.1) is 11.3 Å². The van der Waals surface area contributed by atoms with E-state index in [1.165, 1.54) is 11.3 Å². The first-order valence-corrected chi connectivity index (χ1v) is 10.6. The lowest BCUT2D eigenvalue weighted by molar-refractivity contribution is -0.144. The summed E-state index contributed by atoms with van der Waals surface area (Å²) in [5.74, 6) is -0.419. The van der Waals surface area contributed by atoms with E-state index in [0.717, 1.165) is 23.3 Å². The molecule has 1 aromatic carbocycles. The molecule has 6 nitrogen and oxygen atoms in total. The zero-order chi connectivity index (χ0) is 17.5. The van der Waals surface area contributed by atoms with Crippen molar-refractivity contribution in [2.45, 2.75) is 31.9 Å². The molecule has 4 rings (SSSR count). The van der Waals surface area contributed by atoms with Crippen LogP contribution in [0.5, 0.6) is 0 Å². The summed E-state index contributed by atoms with van der Waals surface area (Å²) in [5.41, 5.74) is 0.682. The van der Waals surface area contributed by atoms with Crippen LogP contribution >= 0.6 is 11.3 Å². The molecular formula is C17H18N2O4S2. The van der Waals surface area contributed by atoms with Crippen molar-refractivity contribution in [3.05, 3.63) is 41.5 Å². The number of sulfonamides is 1. The molecule has 1 N–H and O–H groups in total. The number of nitrogens with one attached hydrogen (secondary N) is 1. The number of aromatic nitrogens is 1. The van der Waals surface area contributed by atoms with Gasteiger partial charge in [-0.3, -0.25) is 4.79 Å². The first-order chi connectivity index (χ1) is 12.0. The lowest BCUT2D eigenvalue weighted by Crippen LogP contribution is -2.31. The van der Waals surface area contributed by atoms with E-state index >= 15 is 0 Å². The highest BCUT2D eigenvalue weighted by atomic mass is 32.2. The fraction of sp³-hybridized carbons (Fsp3) is 0.412. The van der Waals surface area contributed by atoms with E-state index in [1.54, 1.807) is 6.20 Å². The molecule has 2 heterocycles. The van der Waals surface area contributed by atoms with Gasteiger partial charge in [0, 0.05) is 12.6 Å². The summed E-state index contributed by atoms with van der Waals surface area (Å²) in [7, 11) is -3.52. The van der Waals surface area contributed by atoms with E-state index in [9.17, 15) is 13.2 Å². The number of carbonyl (C=O) groups is 1. The summed E-state index contributed by atoms with van der Waals surface area (Å²) in [4.78, 5) is 17.0. The van der Waals surface area contributed by atoms with Crippen molar-refractivity contribution in [2.75, 3.05) is 5.75 Å². The molecule has 1 saturated carbocycles. The molecule has 0 amide bonds. The van der Waals surface area contributed by atoms with Gasteiger partial charge >= 0.3 is 5.97 Å². The number of rotatable bonds is 6. The number of nitrogens with zero attached hydrogens (tertiary/aromatic N) is 1. The van der Waals surface area contributed by atoms with Crippen molar-refractivity contribution >= 4 is 27.3 Å². The van der Waals surface area contributed by atoms with E-state index in [-0.39, 0.29) is 23.7 Å². The number of esters is 1. The van der Waals surface area contributed by atoms with Gasteiger partial charge in [-0.05, 0) is 18.4 Å². The van der Waals surface area contributed by atoms with Crippen LogP contribution in [0, 0.1) is 5.41 Å². The minimum Gasteiger partial charge on any atom is -0.461 e. The second kappa shape index (κ2) is 6.19. The van der Waals surface area contributed by atoms with Crippen molar-refractivity contribution in [1.82, 2.24) is 9.71 Å². The molecule has 2 aliphatic rings. The number of hydrogen-bond donors (Lipinski definition) is 1. The Balaban J connectivity index is 1.35. The number of cyclic esters (lactones) is 1. The third kappa shape index (κ3) is 3.61. The van der Waals surface area contributed by atoms with Crippen LogP contribution in [0.4, 0.5) is 0 Å². The molecule has 1 aromatic heterocycles. The van der Waals surface area contributed by atoms with E-state index < -0.39 is 16.1 Å². The van der Waals surface area contributed by atoms with Gasteiger partial charge in [0.05, 0.1) is 16.8 Å². The van der Waals surface area contributed by atoms with Crippen LogP contribution < -0.4 is 4.72 Å². The van der Waals surface area contributed by atoms with Gasteiger partial charge < -0.3 is 4.74 Å². The van der Waals surface area contributed by atoms with Gasteiger partial charge in [0.25, 0.3) is 0 Å². The molecule has 0 radical (unpaired) electrons. The summed E-state index contributed by atoms with van der Waals surface area (Å²) in [6.07, 6.45) is 3.36. The molecular weight excluding hydrogens is 360 g/mol. The average molecular weight is 378 g/mol. The average Bonchev–Trinajstić information content (AvgIpc) is 3.10. The molecule has 0 bridgehead atoms. The van der Waals surface area contributed by atoms with Gasteiger partial charge in [-0.25, -0.2) is 18.1 Å². The molecule has 8 heteroatoms. The molecule has 2 aromatic rings. The van der Waals surface area contributed by atoms with Gasteiger partial charge in [0.2, 0.25) is 10.0 Å². The third-order valence-corrected chi connectivity index (χ3v) is 7.08. The molecule has 25 heavy (non-hydrogen) atoms. The van der Waals surface area contributed by atoms with Crippen molar-refractivity contribution in [2.24, 2.45) is 5.41 Å². The zero-order valence-electron chi connectivity index (χ0n) is 13.5. The Hall–Kier alpha value is -1.77. The van der Waals surface area contributed by atoms with Gasteiger partial charge in [0.1, 0.15) is 16.9 Å². The van der Waals surface area contributed by atoms with Gasteiger partial charge in [0.15, 0.2) is 0 Å². The molecule has 1 atom stereocenters. The smallest absolute Gasteiger partial charge is 0.312 e. The lowest BCUT2D eigenvalue weighted by atomic mass is 10.0. The molecule has 132 valence electrons. The SMILES string of the molecule is O=C1OC(CS(=O)(=O)NCc2ncc(-c3ccccc3)s2)CC12CC2. The lowest BCUT2D eigenvalue weighted by Gasteiger charge is -2.10. The van der Waals surface area contributed by atoms with Crippen LogP contribution in [0.15, 0.2) is 36.5 Å². The van der Waals surface area contributed by atoms with Crippen molar-refractivity contribution in [1.29, 1.82) is 0 Å². The van der Waals surface area contributed by atoms with Crippen LogP contribution in [0.25, 0.3) is 10.4 Å². The standard InChI is InChI=1S/C17H18N2O4S2/c20-16-17(6-7-17)8-13(23-16)11-25(21,22)19-10-15-18-9-14(24-15)12-4-2-1-3-5-12/h1-5,9,13,19H,6-8,10-11H2. The van der Waals surface area contributed by atoms with Crippen LogP contribution in [0.1, 0.15) is 24.3 Å². The Kier molecular flexibility index (Phi) is 4.13. The fourth-order valence-electron chi connectivity index (χ4n) is 3.09. The third-order valence-electron chi connectivity index (χ3n) is 4.64. The number of hydrogen-bond acceptors (Lipinski definition) is 6. The minimum absolute atomic E-state index is 0.144. The Bertz CT molecular complexity index is 888. The summed E-state index contributed by atoms with van der Waals surface area (Å²) in [6.45, 7) is 0.144. The van der Waals surface area contributed by atoms with E-state index in [0.29, 0.717) is 11.4 Å². The number of carbonyl (C=O) groups excluding carboxylic acids is 1. The molecule has 2 fully saturated rings. The van der Waals surface area contributed by atoms with E-state index in [1.807, 2.05) is 30.3 Å². The maximum Gasteiger partial charge on any atom is 0.312 e. The van der Waals surface area contributed by atoms with Crippen molar-refractivity contribution in [3.63, 3.8) is 0 Å². The van der Waals surface area contributed by atoms with Gasteiger partial charge in [-0.1, -0.05) is 30.3 Å². The maximum atomic E-state index is 12.2. The zero-order valence-corrected chi connectivity index (χ0v) is 15.1. The fourth-order valence-corrected chi connectivity index (χ4v) is 5.20. The van der Waals surface area contributed by atoms with Crippen LogP contribution in [-0.2, 0) is 26.1 Å². The molecule has 1 spiro atoms. The summed E-state index contributed by atoms with van der Waals surface area (Å²) in [6, 6.07) is 9.83. The summed E-state index contributed by atoms with van der Waals surface area (Å²) < 4.78 is 32.3. The number of thiazole rings is 1. The quantitative estimate of drug-likeness (QED) is 0.780. The predicted octanol–water partition coefficient (Wildman–Crippen LogP) is 2.33. The number of ether oxygens (including phenoxy) is 1. The normalized spacial score (nSPS) is 21.4. The van der Waals surface area contributed by atoms with E-state index in [4.69, 9.17) is 4.74 Å². The molecule has 1 unspecified atom stereocenters. The topological polar surface area (TPSA) is 85.4 Å². The Labute approximate surface area is 150 Å². The predicted molar refractivity (Wildman–Crippen MR) is 94.3 cm³/mol. The van der Waals surface area contributed by atoms with Crippen molar-refractivity contribution in [3.8, 4) is 10.4 Å². The van der Waals surface area contributed by atoms with Crippen LogP contribution in [0.2, 0.25) is 0 Å². The molecule has 1 aliphatic heterocycles. The van der Waals surface area contributed by atoms with Crippen LogP contribution in [0.3, 0.4) is 0 Å².